The fraction of sp³-hybridized carbons (Fsp3) is 0.211. The van der Waals surface area contributed by atoms with E-state index in [0.717, 1.165) is 22.5 Å². The maximum absolute atomic E-state index is 12.1. The van der Waals surface area contributed by atoms with E-state index in [0.29, 0.717) is 18.5 Å². The number of carbonyl (C=O) groups is 2. The number of rotatable bonds is 5. The highest BCUT2D eigenvalue weighted by Gasteiger charge is 2.10. The lowest BCUT2D eigenvalue weighted by Gasteiger charge is -2.06. The number of amides is 2. The van der Waals surface area contributed by atoms with Crippen LogP contribution in [0.4, 0.5) is 5.69 Å². The van der Waals surface area contributed by atoms with E-state index in [2.05, 4.69) is 15.6 Å². The van der Waals surface area contributed by atoms with Crippen LogP contribution in [0.15, 0.2) is 48.5 Å². The number of anilines is 1. The van der Waals surface area contributed by atoms with Gasteiger partial charge in [0.2, 0.25) is 5.91 Å². The van der Waals surface area contributed by atoms with Crippen LogP contribution in [0.25, 0.3) is 11.0 Å². The van der Waals surface area contributed by atoms with Gasteiger partial charge in [-0.1, -0.05) is 18.2 Å². The molecule has 25 heavy (non-hydrogen) atoms. The summed E-state index contributed by atoms with van der Waals surface area (Å²) in [6, 6.07) is 14.7. The van der Waals surface area contributed by atoms with Gasteiger partial charge in [0, 0.05) is 38.2 Å². The number of aromatic nitrogens is 2. The molecule has 2 amide bonds. The predicted molar refractivity (Wildman–Crippen MR) is 97.5 cm³/mol. The lowest BCUT2D eigenvalue weighted by atomic mass is 10.2. The van der Waals surface area contributed by atoms with Gasteiger partial charge in [0.1, 0.15) is 5.82 Å². The van der Waals surface area contributed by atoms with Gasteiger partial charge in [-0.2, -0.15) is 0 Å². The summed E-state index contributed by atoms with van der Waals surface area (Å²) in [5.74, 6) is 0.681. The molecule has 0 aliphatic rings. The van der Waals surface area contributed by atoms with Crippen LogP contribution in [-0.2, 0) is 18.3 Å². The maximum atomic E-state index is 12.1. The molecule has 6 nitrogen and oxygen atoms in total. The summed E-state index contributed by atoms with van der Waals surface area (Å²) in [5, 5.41) is 5.68. The molecule has 2 N–H and O–H groups in total. The monoisotopic (exact) mass is 336 g/mol. The molecule has 1 aromatic heterocycles. The summed E-state index contributed by atoms with van der Waals surface area (Å²) in [7, 11) is 1.93. The number of imidazole rings is 1. The standard InChI is InChI=1S/C19H20N4O2/c1-13(24)21-15-8-9-16-17(12-15)23(2)18(22-16)10-11-20-19(25)14-6-4-3-5-7-14/h3-9,12H,10-11H2,1-2H3,(H,20,25)(H,21,24). The van der Waals surface area contributed by atoms with Gasteiger partial charge >= 0.3 is 0 Å². The number of nitrogens with zero attached hydrogens (tertiary/aromatic N) is 2. The minimum Gasteiger partial charge on any atom is -0.352 e. The van der Waals surface area contributed by atoms with Gasteiger partial charge in [0.25, 0.3) is 5.91 Å². The van der Waals surface area contributed by atoms with E-state index < -0.39 is 0 Å². The second kappa shape index (κ2) is 7.17. The van der Waals surface area contributed by atoms with Crippen molar-refractivity contribution in [3.63, 3.8) is 0 Å². The molecule has 0 saturated carbocycles. The molecule has 3 rings (SSSR count). The first-order valence-corrected chi connectivity index (χ1v) is 8.11. The van der Waals surface area contributed by atoms with Crippen molar-refractivity contribution in [1.82, 2.24) is 14.9 Å². The first kappa shape index (κ1) is 16.7. The van der Waals surface area contributed by atoms with Gasteiger partial charge in [-0.3, -0.25) is 9.59 Å². The van der Waals surface area contributed by atoms with E-state index in [1.807, 2.05) is 48.0 Å². The minimum atomic E-state index is -0.106. The maximum Gasteiger partial charge on any atom is 0.251 e. The van der Waals surface area contributed by atoms with Gasteiger partial charge in [-0.25, -0.2) is 4.98 Å². The quantitative estimate of drug-likeness (QED) is 0.752. The van der Waals surface area contributed by atoms with Crippen molar-refractivity contribution in [3.05, 3.63) is 59.9 Å². The molecule has 0 aliphatic heterocycles. The van der Waals surface area contributed by atoms with E-state index >= 15 is 0 Å². The fourth-order valence-electron chi connectivity index (χ4n) is 2.72. The molecule has 0 unspecified atom stereocenters. The summed E-state index contributed by atoms with van der Waals surface area (Å²) in [6.07, 6.45) is 0.624. The summed E-state index contributed by atoms with van der Waals surface area (Å²) in [6.45, 7) is 1.98. The van der Waals surface area contributed by atoms with Gasteiger partial charge in [-0.05, 0) is 30.3 Å². The molecule has 3 aromatic rings. The fourth-order valence-corrected chi connectivity index (χ4v) is 2.72. The van der Waals surface area contributed by atoms with Crippen LogP contribution in [0.5, 0.6) is 0 Å². The van der Waals surface area contributed by atoms with Crippen molar-refractivity contribution in [2.24, 2.45) is 7.05 Å². The summed E-state index contributed by atoms with van der Waals surface area (Å²) in [5.41, 5.74) is 3.19. The summed E-state index contributed by atoms with van der Waals surface area (Å²) in [4.78, 5) is 27.8. The van der Waals surface area contributed by atoms with Crippen LogP contribution in [0.3, 0.4) is 0 Å². The van der Waals surface area contributed by atoms with Crippen LogP contribution in [0, 0.1) is 0 Å². The van der Waals surface area contributed by atoms with Crippen molar-refractivity contribution in [2.45, 2.75) is 13.3 Å². The van der Waals surface area contributed by atoms with Crippen molar-refractivity contribution >= 4 is 28.5 Å². The predicted octanol–water partition coefficient (Wildman–Crippen LogP) is 2.50. The van der Waals surface area contributed by atoms with Crippen molar-refractivity contribution < 1.29 is 9.59 Å². The van der Waals surface area contributed by atoms with E-state index in [1.54, 1.807) is 12.1 Å². The zero-order chi connectivity index (χ0) is 17.8. The van der Waals surface area contributed by atoms with E-state index in [1.165, 1.54) is 6.92 Å². The Kier molecular flexibility index (Phi) is 4.79. The topological polar surface area (TPSA) is 76.0 Å². The highest BCUT2D eigenvalue weighted by Crippen LogP contribution is 2.20. The molecule has 2 aromatic carbocycles. The average molecular weight is 336 g/mol. The van der Waals surface area contributed by atoms with E-state index in [-0.39, 0.29) is 11.8 Å². The lowest BCUT2D eigenvalue weighted by molar-refractivity contribution is -0.114. The third-order valence-corrected chi connectivity index (χ3v) is 3.96. The van der Waals surface area contributed by atoms with E-state index in [4.69, 9.17) is 0 Å². The van der Waals surface area contributed by atoms with Gasteiger partial charge in [0.05, 0.1) is 11.0 Å². The minimum absolute atomic E-state index is 0.0905. The molecule has 0 saturated heterocycles. The Bertz CT molecular complexity index is 916. The molecule has 6 heteroatoms. The third kappa shape index (κ3) is 3.85. The molecule has 0 fully saturated rings. The molecule has 1 heterocycles. The van der Waals surface area contributed by atoms with E-state index in [9.17, 15) is 9.59 Å². The van der Waals surface area contributed by atoms with Gasteiger partial charge in [0.15, 0.2) is 0 Å². The van der Waals surface area contributed by atoms with Crippen LogP contribution in [0.2, 0.25) is 0 Å². The highest BCUT2D eigenvalue weighted by atomic mass is 16.2. The van der Waals surface area contributed by atoms with Crippen LogP contribution in [0.1, 0.15) is 23.1 Å². The first-order chi connectivity index (χ1) is 12.0. The van der Waals surface area contributed by atoms with Crippen LogP contribution < -0.4 is 10.6 Å². The lowest BCUT2D eigenvalue weighted by Crippen LogP contribution is -2.26. The number of aryl methyl sites for hydroxylation is 1. The van der Waals surface area contributed by atoms with Gasteiger partial charge in [-0.15, -0.1) is 0 Å². The molecule has 128 valence electrons. The number of benzene rings is 2. The number of hydrogen-bond donors (Lipinski definition) is 2. The Balaban J connectivity index is 1.68. The second-order valence-corrected chi connectivity index (χ2v) is 5.84. The molecule has 0 atom stereocenters. The van der Waals surface area contributed by atoms with Crippen molar-refractivity contribution in [3.8, 4) is 0 Å². The van der Waals surface area contributed by atoms with Crippen LogP contribution >= 0.6 is 0 Å². The Hall–Kier alpha value is -3.15. The zero-order valence-corrected chi connectivity index (χ0v) is 14.2. The number of carbonyl (C=O) groups excluding carboxylic acids is 2. The number of fused-ring (bicyclic) bond motifs is 1. The highest BCUT2D eigenvalue weighted by molar-refractivity contribution is 5.94. The van der Waals surface area contributed by atoms with Gasteiger partial charge < -0.3 is 15.2 Å². The molecular weight excluding hydrogens is 316 g/mol. The molecule has 0 aliphatic carbocycles. The number of hydrogen-bond acceptors (Lipinski definition) is 3. The van der Waals surface area contributed by atoms with Crippen molar-refractivity contribution in [1.29, 1.82) is 0 Å². The third-order valence-electron chi connectivity index (χ3n) is 3.96. The molecule has 0 bridgehead atoms. The average Bonchev–Trinajstić information content (AvgIpc) is 2.91. The van der Waals surface area contributed by atoms with Crippen LogP contribution in [-0.4, -0.2) is 27.9 Å². The Morgan fingerprint density at radius 2 is 1.88 bits per heavy atom. The summed E-state index contributed by atoms with van der Waals surface area (Å²) >= 11 is 0. The Morgan fingerprint density at radius 3 is 2.60 bits per heavy atom. The normalized spacial score (nSPS) is 10.6. The SMILES string of the molecule is CC(=O)Nc1ccc2nc(CCNC(=O)c3ccccc3)n(C)c2c1. The Morgan fingerprint density at radius 1 is 1.12 bits per heavy atom. The first-order valence-electron chi connectivity index (χ1n) is 8.11. The smallest absolute Gasteiger partial charge is 0.251 e. The largest absolute Gasteiger partial charge is 0.352 e. The molecular formula is C19H20N4O2. The Labute approximate surface area is 145 Å². The van der Waals surface area contributed by atoms with Crippen molar-refractivity contribution in [2.75, 3.05) is 11.9 Å². The zero-order valence-electron chi connectivity index (χ0n) is 14.2. The summed E-state index contributed by atoms with van der Waals surface area (Å²) < 4.78 is 1.98. The molecule has 0 radical (unpaired) electrons. The second-order valence-electron chi connectivity index (χ2n) is 5.84. The molecule has 0 spiro atoms. The number of nitrogens with one attached hydrogen (secondary N) is 2.